The van der Waals surface area contributed by atoms with Crippen LogP contribution in [0.1, 0.15) is 58.6 Å². The van der Waals surface area contributed by atoms with E-state index in [0.29, 0.717) is 5.52 Å². The van der Waals surface area contributed by atoms with Crippen LogP contribution in [0.15, 0.2) is 24.4 Å². The maximum atomic E-state index is 12.3. The molecule has 1 saturated heterocycles. The molecule has 2 heterocycles. The zero-order chi connectivity index (χ0) is 18.9. The Labute approximate surface area is 154 Å². The van der Waals surface area contributed by atoms with Crippen LogP contribution in [0.5, 0.6) is 0 Å². The molecule has 1 aliphatic heterocycles. The molecule has 142 valence electrons. The molecule has 1 aromatic heterocycles. The Hall–Kier alpha value is -1.92. The summed E-state index contributed by atoms with van der Waals surface area (Å²) in [6.45, 7) is 9.41. The van der Waals surface area contributed by atoms with Crippen LogP contribution in [-0.4, -0.2) is 39.7 Å². The van der Waals surface area contributed by atoms with E-state index in [9.17, 15) is 9.90 Å². The number of hydrogen-bond acceptors (Lipinski definition) is 5. The second kappa shape index (κ2) is 7.00. The fraction of sp³-hybridized carbons (Fsp3) is 0.600. The number of carbonyl (C=O) groups excluding carboxylic acids is 1. The fourth-order valence-corrected chi connectivity index (χ4v) is 3.87. The van der Waals surface area contributed by atoms with Crippen molar-refractivity contribution in [3.05, 3.63) is 30.0 Å². The number of aliphatic hydroxyl groups is 1. The zero-order valence-electron chi connectivity index (χ0n) is 16.1. The van der Waals surface area contributed by atoms with Crippen molar-refractivity contribution in [1.82, 2.24) is 15.1 Å². The lowest BCUT2D eigenvalue weighted by molar-refractivity contribution is 0.0296. The summed E-state index contributed by atoms with van der Waals surface area (Å²) in [5.41, 5.74) is 0.861. The summed E-state index contributed by atoms with van der Waals surface area (Å²) >= 11 is 0. The molecule has 0 bridgehead atoms. The van der Waals surface area contributed by atoms with Crippen molar-refractivity contribution in [3.63, 3.8) is 0 Å². The number of rotatable bonds is 4. The Morgan fingerprint density at radius 2 is 2.23 bits per heavy atom. The molecule has 1 aromatic carbocycles. The van der Waals surface area contributed by atoms with Crippen LogP contribution in [0.25, 0.3) is 10.9 Å². The van der Waals surface area contributed by atoms with Crippen molar-refractivity contribution in [1.29, 1.82) is 0 Å². The van der Waals surface area contributed by atoms with E-state index in [2.05, 4.69) is 17.3 Å². The van der Waals surface area contributed by atoms with Gasteiger partial charge in [-0.1, -0.05) is 19.4 Å². The number of carbonyl (C=O) groups is 1. The molecule has 2 atom stereocenters. The highest BCUT2D eigenvalue weighted by Crippen LogP contribution is 2.43. The predicted molar refractivity (Wildman–Crippen MR) is 101 cm³/mol. The van der Waals surface area contributed by atoms with Gasteiger partial charge in [0, 0.05) is 17.3 Å². The Morgan fingerprint density at radius 1 is 1.46 bits per heavy atom. The first-order chi connectivity index (χ1) is 12.3. The Balaban J connectivity index is 1.90. The summed E-state index contributed by atoms with van der Waals surface area (Å²) in [6, 6.07) is 5.67. The zero-order valence-corrected chi connectivity index (χ0v) is 16.1. The van der Waals surface area contributed by atoms with Gasteiger partial charge in [-0.25, -0.2) is 4.79 Å². The van der Waals surface area contributed by atoms with Crippen molar-refractivity contribution in [2.75, 3.05) is 13.1 Å². The topological polar surface area (TPSA) is 76.4 Å². The quantitative estimate of drug-likeness (QED) is 0.872. The number of nitrogens with one attached hydrogen (secondary N) is 1. The van der Waals surface area contributed by atoms with Gasteiger partial charge in [0.2, 0.25) is 0 Å². The van der Waals surface area contributed by atoms with E-state index < -0.39 is 17.8 Å². The molecule has 0 spiro atoms. The standard InChI is InChI=1S/C20H29N3O3/c1-5-8-20(9-10-21-13-20)17(24)14-6-7-16-15(11-14)12-22-23(16)18(25)26-19(2,3)4/h6-7,11-12,17,21,24H,5,8-10,13H2,1-4H3. The summed E-state index contributed by atoms with van der Waals surface area (Å²) in [4.78, 5) is 12.3. The molecular weight excluding hydrogens is 330 g/mol. The summed E-state index contributed by atoms with van der Waals surface area (Å²) in [5, 5.41) is 19.5. The minimum atomic E-state index is -0.576. The molecule has 6 nitrogen and oxygen atoms in total. The maximum absolute atomic E-state index is 12.3. The van der Waals surface area contributed by atoms with Crippen molar-refractivity contribution in [2.45, 2.75) is 58.7 Å². The normalized spacial score (nSPS) is 21.9. The van der Waals surface area contributed by atoms with E-state index in [1.165, 1.54) is 4.68 Å². The average Bonchev–Trinajstić information content (AvgIpc) is 3.19. The molecule has 2 unspecified atom stereocenters. The van der Waals surface area contributed by atoms with E-state index in [0.717, 1.165) is 43.3 Å². The summed E-state index contributed by atoms with van der Waals surface area (Å²) in [5.74, 6) is 0. The van der Waals surface area contributed by atoms with Crippen LogP contribution in [0, 0.1) is 5.41 Å². The minimum absolute atomic E-state index is 0.121. The number of hydrogen-bond donors (Lipinski definition) is 2. The first-order valence-electron chi connectivity index (χ1n) is 9.35. The van der Waals surface area contributed by atoms with Crippen LogP contribution < -0.4 is 5.32 Å². The van der Waals surface area contributed by atoms with Crippen molar-refractivity contribution < 1.29 is 14.6 Å². The number of fused-ring (bicyclic) bond motifs is 1. The number of nitrogens with zero attached hydrogens (tertiary/aromatic N) is 2. The van der Waals surface area contributed by atoms with Crippen LogP contribution in [0.2, 0.25) is 0 Å². The van der Waals surface area contributed by atoms with Gasteiger partial charge in [0.25, 0.3) is 0 Å². The van der Waals surface area contributed by atoms with Crippen LogP contribution in [-0.2, 0) is 4.74 Å². The smallest absolute Gasteiger partial charge is 0.435 e. The van der Waals surface area contributed by atoms with Gasteiger partial charge in [-0.3, -0.25) is 0 Å². The number of ether oxygens (including phenoxy) is 1. The highest BCUT2D eigenvalue weighted by atomic mass is 16.6. The highest BCUT2D eigenvalue weighted by molar-refractivity contribution is 5.88. The molecule has 1 fully saturated rings. The second-order valence-electron chi connectivity index (χ2n) is 8.30. The molecule has 0 saturated carbocycles. The molecule has 2 aromatic rings. The van der Waals surface area contributed by atoms with E-state index in [4.69, 9.17) is 4.74 Å². The molecule has 0 amide bonds. The molecule has 26 heavy (non-hydrogen) atoms. The Bertz CT molecular complexity index is 785. The van der Waals surface area contributed by atoms with Gasteiger partial charge in [0.05, 0.1) is 17.8 Å². The Morgan fingerprint density at radius 3 is 2.85 bits per heavy atom. The summed E-state index contributed by atoms with van der Waals surface area (Å²) < 4.78 is 6.67. The number of aromatic nitrogens is 2. The van der Waals surface area contributed by atoms with Gasteiger partial charge in [0.1, 0.15) is 5.60 Å². The predicted octanol–water partition coefficient (Wildman–Crippen LogP) is 3.63. The van der Waals surface area contributed by atoms with E-state index in [1.807, 2.05) is 39.0 Å². The third kappa shape index (κ3) is 3.62. The van der Waals surface area contributed by atoms with E-state index in [-0.39, 0.29) is 5.41 Å². The highest BCUT2D eigenvalue weighted by Gasteiger charge is 2.40. The van der Waals surface area contributed by atoms with Crippen molar-refractivity contribution >= 4 is 17.0 Å². The molecule has 6 heteroatoms. The second-order valence-corrected chi connectivity index (χ2v) is 8.30. The van der Waals surface area contributed by atoms with Crippen LogP contribution >= 0.6 is 0 Å². The number of aliphatic hydroxyl groups excluding tert-OH is 1. The molecule has 3 rings (SSSR count). The van der Waals surface area contributed by atoms with E-state index >= 15 is 0 Å². The third-order valence-corrected chi connectivity index (χ3v) is 5.08. The molecule has 1 aliphatic rings. The van der Waals surface area contributed by atoms with Crippen LogP contribution in [0.4, 0.5) is 4.79 Å². The average molecular weight is 359 g/mol. The van der Waals surface area contributed by atoms with Gasteiger partial charge < -0.3 is 15.2 Å². The monoisotopic (exact) mass is 359 g/mol. The Kier molecular flexibility index (Phi) is 5.08. The number of benzene rings is 1. The SMILES string of the molecule is CCCC1(C(O)c2ccc3c(cnn3C(=O)OC(C)(C)C)c2)CCNC1. The fourth-order valence-electron chi connectivity index (χ4n) is 3.87. The summed E-state index contributed by atoms with van der Waals surface area (Å²) in [7, 11) is 0. The first kappa shape index (κ1) is 18.9. The lowest BCUT2D eigenvalue weighted by atomic mass is 9.74. The molecular formula is C20H29N3O3. The third-order valence-electron chi connectivity index (χ3n) is 5.08. The molecule has 0 aliphatic carbocycles. The first-order valence-corrected chi connectivity index (χ1v) is 9.35. The van der Waals surface area contributed by atoms with Crippen molar-refractivity contribution in [2.24, 2.45) is 5.41 Å². The van der Waals surface area contributed by atoms with Crippen LogP contribution in [0.3, 0.4) is 0 Å². The van der Waals surface area contributed by atoms with Gasteiger partial charge in [-0.05, 0) is 57.9 Å². The van der Waals surface area contributed by atoms with Gasteiger partial charge in [0.15, 0.2) is 0 Å². The summed E-state index contributed by atoms with van der Waals surface area (Å²) in [6.07, 6.45) is 3.61. The lowest BCUT2D eigenvalue weighted by Gasteiger charge is -2.33. The van der Waals surface area contributed by atoms with Gasteiger partial charge in [-0.15, -0.1) is 0 Å². The van der Waals surface area contributed by atoms with Gasteiger partial charge >= 0.3 is 6.09 Å². The molecule has 2 N–H and O–H groups in total. The molecule has 0 radical (unpaired) electrons. The largest absolute Gasteiger partial charge is 0.442 e. The maximum Gasteiger partial charge on any atom is 0.435 e. The van der Waals surface area contributed by atoms with Crippen molar-refractivity contribution in [3.8, 4) is 0 Å². The lowest BCUT2D eigenvalue weighted by Crippen LogP contribution is -2.31. The minimum Gasteiger partial charge on any atom is -0.442 e. The van der Waals surface area contributed by atoms with Gasteiger partial charge in [-0.2, -0.15) is 9.78 Å². The van der Waals surface area contributed by atoms with E-state index in [1.54, 1.807) is 6.20 Å².